The van der Waals surface area contributed by atoms with Crippen molar-refractivity contribution >= 4 is 23.0 Å². The van der Waals surface area contributed by atoms with Crippen molar-refractivity contribution in [1.82, 2.24) is 0 Å². The molecule has 12 heavy (non-hydrogen) atoms. The Balaban J connectivity index is 2.78. The van der Waals surface area contributed by atoms with E-state index < -0.39 is 0 Å². The third-order valence-electron chi connectivity index (χ3n) is 1.25. The number of hydrogen-bond acceptors (Lipinski definition) is 3. The first-order valence-electron chi connectivity index (χ1n) is 3.36. The highest BCUT2D eigenvalue weighted by molar-refractivity contribution is 7.08. The number of guanidine groups is 1. The molecule has 64 valence electrons. The first-order valence-corrected chi connectivity index (χ1v) is 4.30. The molecular formula is C7H10N4S. The van der Waals surface area contributed by atoms with Gasteiger partial charge >= 0.3 is 0 Å². The molecule has 1 heterocycles. The molecule has 0 aliphatic rings. The lowest BCUT2D eigenvalue weighted by Crippen LogP contribution is -2.22. The van der Waals surface area contributed by atoms with Crippen LogP contribution in [-0.2, 0) is 0 Å². The standard InChI is InChI=1S/C7H10N4S/c1-5(10-11-7(8)9)6-2-3-12-4-6/h2-4H,1H3,(H4,8,9,11)/b10-5-. The van der Waals surface area contributed by atoms with E-state index in [9.17, 15) is 0 Å². The highest BCUT2D eigenvalue weighted by Gasteiger charge is 1.95. The largest absolute Gasteiger partial charge is 0.369 e. The van der Waals surface area contributed by atoms with Crippen LogP contribution in [0.2, 0.25) is 0 Å². The topological polar surface area (TPSA) is 76.8 Å². The molecule has 0 saturated carbocycles. The summed E-state index contributed by atoms with van der Waals surface area (Å²) in [5.74, 6) is -0.0235. The predicted molar refractivity (Wildman–Crippen MR) is 52.3 cm³/mol. The van der Waals surface area contributed by atoms with E-state index in [-0.39, 0.29) is 5.96 Å². The highest BCUT2D eigenvalue weighted by Crippen LogP contribution is 2.07. The summed E-state index contributed by atoms with van der Waals surface area (Å²) in [5.41, 5.74) is 12.1. The summed E-state index contributed by atoms with van der Waals surface area (Å²) >= 11 is 1.61. The average Bonchev–Trinajstić information content (AvgIpc) is 2.51. The molecule has 4 nitrogen and oxygen atoms in total. The van der Waals surface area contributed by atoms with Crippen LogP contribution in [-0.4, -0.2) is 11.7 Å². The van der Waals surface area contributed by atoms with Crippen LogP contribution >= 0.6 is 11.3 Å². The van der Waals surface area contributed by atoms with Gasteiger partial charge in [0.05, 0.1) is 5.71 Å². The van der Waals surface area contributed by atoms with Crippen LogP contribution in [0.15, 0.2) is 27.0 Å². The number of rotatable bonds is 2. The molecule has 4 N–H and O–H groups in total. The first kappa shape index (κ1) is 8.73. The third kappa shape index (κ3) is 2.35. The van der Waals surface area contributed by atoms with Crippen molar-refractivity contribution in [1.29, 1.82) is 0 Å². The Morgan fingerprint density at radius 2 is 2.17 bits per heavy atom. The molecule has 0 saturated heterocycles. The van der Waals surface area contributed by atoms with Crippen LogP contribution in [0.3, 0.4) is 0 Å². The third-order valence-corrected chi connectivity index (χ3v) is 1.94. The number of nitrogens with zero attached hydrogens (tertiary/aromatic N) is 2. The molecule has 0 radical (unpaired) electrons. The monoisotopic (exact) mass is 182 g/mol. The number of thiophene rings is 1. The lowest BCUT2D eigenvalue weighted by atomic mass is 10.2. The van der Waals surface area contributed by atoms with Gasteiger partial charge in [-0.3, -0.25) is 0 Å². The second-order valence-corrected chi connectivity index (χ2v) is 3.00. The van der Waals surface area contributed by atoms with E-state index in [1.165, 1.54) is 0 Å². The quantitative estimate of drug-likeness (QED) is 0.402. The summed E-state index contributed by atoms with van der Waals surface area (Å²) in [4.78, 5) is 0. The molecule has 0 aliphatic carbocycles. The van der Waals surface area contributed by atoms with Crippen molar-refractivity contribution in [3.8, 4) is 0 Å². The van der Waals surface area contributed by atoms with Gasteiger partial charge in [0, 0.05) is 5.56 Å². The molecule has 0 aromatic carbocycles. The van der Waals surface area contributed by atoms with Crippen molar-refractivity contribution in [2.24, 2.45) is 21.7 Å². The van der Waals surface area contributed by atoms with Crippen LogP contribution in [0.25, 0.3) is 0 Å². The Labute approximate surface area is 74.6 Å². The van der Waals surface area contributed by atoms with Crippen LogP contribution < -0.4 is 11.5 Å². The normalized spacial score (nSPS) is 11.2. The van der Waals surface area contributed by atoms with Gasteiger partial charge in [0.25, 0.3) is 0 Å². The van der Waals surface area contributed by atoms with Gasteiger partial charge in [-0.05, 0) is 23.8 Å². The molecule has 1 rings (SSSR count). The Bertz CT molecular complexity index is 295. The molecule has 0 amide bonds. The Kier molecular flexibility index (Phi) is 2.82. The fourth-order valence-corrected chi connectivity index (χ4v) is 1.36. The zero-order chi connectivity index (χ0) is 8.97. The highest BCUT2D eigenvalue weighted by atomic mass is 32.1. The molecule has 5 heteroatoms. The summed E-state index contributed by atoms with van der Waals surface area (Å²) in [7, 11) is 0. The minimum atomic E-state index is -0.0235. The van der Waals surface area contributed by atoms with Crippen molar-refractivity contribution < 1.29 is 0 Å². The van der Waals surface area contributed by atoms with Gasteiger partial charge < -0.3 is 11.5 Å². The van der Waals surface area contributed by atoms with Crippen LogP contribution in [0, 0.1) is 0 Å². The van der Waals surface area contributed by atoms with Crippen molar-refractivity contribution in [3.05, 3.63) is 22.4 Å². The predicted octanol–water partition coefficient (Wildman–Crippen LogP) is 0.746. The molecule has 0 spiro atoms. The maximum absolute atomic E-state index is 5.12. The lowest BCUT2D eigenvalue weighted by Gasteiger charge is -1.91. The summed E-state index contributed by atoms with van der Waals surface area (Å²) < 4.78 is 0. The molecule has 0 unspecified atom stereocenters. The van der Waals surface area contributed by atoms with E-state index in [1.54, 1.807) is 11.3 Å². The SMILES string of the molecule is C/C(=N/N=C(N)N)c1ccsc1. The van der Waals surface area contributed by atoms with Crippen molar-refractivity contribution in [2.75, 3.05) is 0 Å². The van der Waals surface area contributed by atoms with Gasteiger partial charge in [-0.2, -0.15) is 16.4 Å². The lowest BCUT2D eigenvalue weighted by molar-refractivity contribution is 1.20. The molecule has 1 aromatic heterocycles. The van der Waals surface area contributed by atoms with Gasteiger partial charge in [-0.25, -0.2) is 0 Å². The van der Waals surface area contributed by atoms with Crippen molar-refractivity contribution in [3.63, 3.8) is 0 Å². The van der Waals surface area contributed by atoms with E-state index in [2.05, 4.69) is 10.2 Å². The van der Waals surface area contributed by atoms with Crippen LogP contribution in [0.5, 0.6) is 0 Å². The van der Waals surface area contributed by atoms with E-state index in [0.29, 0.717) is 0 Å². The molecule has 0 atom stereocenters. The summed E-state index contributed by atoms with van der Waals surface area (Å²) in [6, 6.07) is 1.96. The summed E-state index contributed by atoms with van der Waals surface area (Å²) in [6.07, 6.45) is 0. The molecule has 0 bridgehead atoms. The zero-order valence-electron chi connectivity index (χ0n) is 6.69. The van der Waals surface area contributed by atoms with Gasteiger partial charge in [0.1, 0.15) is 0 Å². The molecule has 0 fully saturated rings. The Morgan fingerprint density at radius 1 is 1.42 bits per heavy atom. The molecular weight excluding hydrogens is 172 g/mol. The van der Waals surface area contributed by atoms with Gasteiger partial charge in [-0.1, -0.05) is 0 Å². The van der Waals surface area contributed by atoms with Gasteiger partial charge in [0.2, 0.25) is 5.96 Å². The van der Waals surface area contributed by atoms with Gasteiger partial charge in [0.15, 0.2) is 0 Å². The number of hydrogen-bond donors (Lipinski definition) is 2. The maximum Gasteiger partial charge on any atom is 0.211 e. The minimum absolute atomic E-state index is 0.0235. The summed E-state index contributed by atoms with van der Waals surface area (Å²) in [5, 5.41) is 11.3. The Hall–Kier alpha value is -1.36. The van der Waals surface area contributed by atoms with Crippen LogP contribution in [0.4, 0.5) is 0 Å². The second-order valence-electron chi connectivity index (χ2n) is 2.22. The zero-order valence-corrected chi connectivity index (χ0v) is 7.51. The maximum atomic E-state index is 5.12. The second kappa shape index (κ2) is 3.87. The van der Waals surface area contributed by atoms with Crippen LogP contribution in [0.1, 0.15) is 12.5 Å². The van der Waals surface area contributed by atoms with E-state index in [0.717, 1.165) is 11.3 Å². The average molecular weight is 182 g/mol. The van der Waals surface area contributed by atoms with E-state index >= 15 is 0 Å². The summed E-state index contributed by atoms with van der Waals surface area (Å²) in [6.45, 7) is 1.86. The first-order chi connectivity index (χ1) is 5.70. The fourth-order valence-electron chi connectivity index (χ4n) is 0.661. The fraction of sp³-hybridized carbons (Fsp3) is 0.143. The smallest absolute Gasteiger partial charge is 0.211 e. The van der Waals surface area contributed by atoms with E-state index in [4.69, 9.17) is 11.5 Å². The Morgan fingerprint density at radius 3 is 2.67 bits per heavy atom. The minimum Gasteiger partial charge on any atom is -0.369 e. The molecule has 0 aliphatic heterocycles. The van der Waals surface area contributed by atoms with Gasteiger partial charge in [-0.15, -0.1) is 5.10 Å². The number of nitrogens with two attached hydrogens (primary N) is 2. The van der Waals surface area contributed by atoms with Crippen molar-refractivity contribution in [2.45, 2.75) is 6.92 Å². The van der Waals surface area contributed by atoms with E-state index in [1.807, 2.05) is 23.8 Å². The molecule has 1 aromatic rings.